The molecule has 3 aromatic rings. The van der Waals surface area contributed by atoms with Gasteiger partial charge in [0.1, 0.15) is 5.75 Å². The number of nitrogens with one attached hydrogen (secondary N) is 1. The molecule has 0 aliphatic heterocycles. The second-order valence-electron chi connectivity index (χ2n) is 6.08. The number of benzene rings is 2. The van der Waals surface area contributed by atoms with E-state index in [0.717, 1.165) is 11.8 Å². The standard InChI is InChI=1S/C19H17Cl2N5O3S/c1-10(17(27)23-18(22)28)30-19-25-24-16(11-4-3-5-12(20)8-11)26(19)14-9-13(21)6-7-15(14)29-2/h3-10H,1-2H3,(H3,22,23,27,28)/t10-/m1/s1. The normalized spacial score (nSPS) is 11.7. The number of ether oxygens (including phenoxy) is 1. The fourth-order valence-electron chi connectivity index (χ4n) is 2.65. The van der Waals surface area contributed by atoms with Gasteiger partial charge in [-0.15, -0.1) is 10.2 Å². The van der Waals surface area contributed by atoms with Crippen molar-refractivity contribution in [2.45, 2.75) is 17.3 Å². The van der Waals surface area contributed by atoms with Crippen LogP contribution in [0.2, 0.25) is 10.0 Å². The van der Waals surface area contributed by atoms with Crippen LogP contribution in [0.3, 0.4) is 0 Å². The lowest BCUT2D eigenvalue weighted by Crippen LogP contribution is -2.39. The zero-order chi connectivity index (χ0) is 21.8. The number of thioether (sulfide) groups is 1. The molecule has 2 aromatic carbocycles. The Kier molecular flexibility index (Phi) is 6.86. The lowest BCUT2D eigenvalue weighted by molar-refractivity contribution is -0.119. The van der Waals surface area contributed by atoms with Gasteiger partial charge < -0.3 is 10.5 Å². The van der Waals surface area contributed by atoms with E-state index in [-0.39, 0.29) is 0 Å². The monoisotopic (exact) mass is 465 g/mol. The Morgan fingerprint density at radius 2 is 1.90 bits per heavy atom. The summed E-state index contributed by atoms with van der Waals surface area (Å²) >= 11 is 13.5. The minimum atomic E-state index is -0.926. The van der Waals surface area contributed by atoms with E-state index in [0.29, 0.717) is 38.0 Å². The third kappa shape index (κ3) is 4.86. The number of hydrogen-bond acceptors (Lipinski definition) is 6. The van der Waals surface area contributed by atoms with Crippen LogP contribution < -0.4 is 15.8 Å². The minimum Gasteiger partial charge on any atom is -0.495 e. The van der Waals surface area contributed by atoms with Crippen LogP contribution in [0.5, 0.6) is 5.75 Å². The maximum Gasteiger partial charge on any atom is 0.318 e. The van der Waals surface area contributed by atoms with E-state index >= 15 is 0 Å². The summed E-state index contributed by atoms with van der Waals surface area (Å²) in [7, 11) is 1.53. The van der Waals surface area contributed by atoms with Crippen molar-refractivity contribution in [3.63, 3.8) is 0 Å². The van der Waals surface area contributed by atoms with Crippen molar-refractivity contribution in [2.24, 2.45) is 5.73 Å². The summed E-state index contributed by atoms with van der Waals surface area (Å²) in [5.41, 5.74) is 6.32. The lowest BCUT2D eigenvalue weighted by Gasteiger charge is -2.16. The molecule has 1 heterocycles. The zero-order valence-corrected chi connectivity index (χ0v) is 18.3. The maximum atomic E-state index is 12.2. The molecule has 3 N–H and O–H groups in total. The fourth-order valence-corrected chi connectivity index (χ4v) is 3.87. The first-order valence-corrected chi connectivity index (χ1v) is 10.3. The molecule has 3 amide bonds. The molecule has 0 spiro atoms. The Bertz CT molecular complexity index is 1110. The molecule has 0 saturated heterocycles. The fraction of sp³-hybridized carbons (Fsp3) is 0.158. The topological polar surface area (TPSA) is 112 Å². The van der Waals surface area contributed by atoms with Crippen LogP contribution >= 0.6 is 35.0 Å². The van der Waals surface area contributed by atoms with Gasteiger partial charge in [0.2, 0.25) is 5.91 Å². The third-order valence-electron chi connectivity index (χ3n) is 4.00. The quantitative estimate of drug-likeness (QED) is 0.533. The van der Waals surface area contributed by atoms with Gasteiger partial charge in [0.05, 0.1) is 18.0 Å². The Hall–Kier alpha value is -2.75. The average Bonchev–Trinajstić information content (AvgIpc) is 3.10. The van der Waals surface area contributed by atoms with Crippen molar-refractivity contribution in [2.75, 3.05) is 7.11 Å². The molecular formula is C19H17Cl2N5O3S. The molecule has 0 saturated carbocycles. The van der Waals surface area contributed by atoms with E-state index in [1.54, 1.807) is 47.9 Å². The molecule has 0 radical (unpaired) electrons. The number of hydrogen-bond donors (Lipinski definition) is 2. The highest BCUT2D eigenvalue weighted by Crippen LogP contribution is 2.35. The summed E-state index contributed by atoms with van der Waals surface area (Å²) in [5.74, 6) is 0.450. The summed E-state index contributed by atoms with van der Waals surface area (Å²) in [6.07, 6.45) is 0. The number of imide groups is 1. The maximum absolute atomic E-state index is 12.2. The van der Waals surface area contributed by atoms with Gasteiger partial charge in [-0.25, -0.2) is 4.79 Å². The molecule has 0 bridgehead atoms. The Labute approximate surface area is 186 Å². The summed E-state index contributed by atoms with van der Waals surface area (Å²) < 4.78 is 7.21. The van der Waals surface area contributed by atoms with E-state index in [1.165, 1.54) is 7.11 Å². The molecule has 0 aliphatic carbocycles. The van der Waals surface area contributed by atoms with E-state index in [1.807, 2.05) is 6.07 Å². The molecule has 1 aromatic heterocycles. The first-order chi connectivity index (χ1) is 14.3. The summed E-state index contributed by atoms with van der Waals surface area (Å²) in [5, 5.41) is 11.3. The number of halogens is 2. The van der Waals surface area contributed by atoms with Gasteiger partial charge in [0.25, 0.3) is 0 Å². The van der Waals surface area contributed by atoms with Crippen LogP contribution in [0.15, 0.2) is 47.6 Å². The Balaban J connectivity index is 2.14. The van der Waals surface area contributed by atoms with Crippen LogP contribution in [0.25, 0.3) is 17.1 Å². The molecule has 0 aliphatic rings. The van der Waals surface area contributed by atoms with Gasteiger partial charge >= 0.3 is 6.03 Å². The number of amides is 3. The highest BCUT2D eigenvalue weighted by molar-refractivity contribution is 8.00. The number of nitrogens with two attached hydrogens (primary N) is 1. The molecule has 0 unspecified atom stereocenters. The molecule has 156 valence electrons. The molecule has 11 heteroatoms. The van der Waals surface area contributed by atoms with Crippen molar-refractivity contribution in [3.05, 3.63) is 52.5 Å². The van der Waals surface area contributed by atoms with Crippen molar-refractivity contribution in [3.8, 4) is 22.8 Å². The van der Waals surface area contributed by atoms with Gasteiger partial charge in [-0.05, 0) is 37.3 Å². The van der Waals surface area contributed by atoms with E-state index in [9.17, 15) is 9.59 Å². The Morgan fingerprint density at radius 1 is 1.17 bits per heavy atom. The highest BCUT2D eigenvalue weighted by atomic mass is 35.5. The number of primary amides is 1. The van der Waals surface area contributed by atoms with Crippen LogP contribution in [-0.4, -0.2) is 39.1 Å². The SMILES string of the molecule is COc1ccc(Cl)cc1-n1c(S[C@H](C)C(=O)NC(N)=O)nnc1-c1cccc(Cl)c1. The van der Waals surface area contributed by atoms with E-state index < -0.39 is 17.2 Å². The predicted octanol–water partition coefficient (Wildman–Crippen LogP) is 3.93. The van der Waals surface area contributed by atoms with Crippen molar-refractivity contribution >= 4 is 46.9 Å². The smallest absolute Gasteiger partial charge is 0.318 e. The zero-order valence-electron chi connectivity index (χ0n) is 15.9. The molecule has 8 nitrogen and oxygen atoms in total. The largest absolute Gasteiger partial charge is 0.495 e. The summed E-state index contributed by atoms with van der Waals surface area (Å²) in [6.45, 7) is 1.62. The van der Waals surface area contributed by atoms with Gasteiger partial charge in [-0.1, -0.05) is 47.1 Å². The lowest BCUT2D eigenvalue weighted by atomic mass is 10.2. The van der Waals surface area contributed by atoms with Crippen LogP contribution in [0.1, 0.15) is 6.92 Å². The van der Waals surface area contributed by atoms with Gasteiger partial charge in [0, 0.05) is 15.6 Å². The summed E-state index contributed by atoms with van der Waals surface area (Å²) in [4.78, 5) is 23.2. The van der Waals surface area contributed by atoms with Crippen LogP contribution in [-0.2, 0) is 4.79 Å². The third-order valence-corrected chi connectivity index (χ3v) is 5.51. The van der Waals surface area contributed by atoms with Crippen LogP contribution in [0.4, 0.5) is 4.79 Å². The van der Waals surface area contributed by atoms with Crippen LogP contribution in [0, 0.1) is 0 Å². The number of urea groups is 1. The van der Waals surface area contributed by atoms with E-state index in [2.05, 4.69) is 15.5 Å². The predicted molar refractivity (Wildman–Crippen MR) is 116 cm³/mol. The second-order valence-corrected chi connectivity index (χ2v) is 8.26. The molecular weight excluding hydrogens is 449 g/mol. The highest BCUT2D eigenvalue weighted by Gasteiger charge is 2.24. The summed E-state index contributed by atoms with van der Waals surface area (Å²) in [6, 6.07) is 11.3. The minimum absolute atomic E-state index is 0.387. The number of rotatable bonds is 6. The molecule has 30 heavy (non-hydrogen) atoms. The number of nitrogens with zero attached hydrogens (tertiary/aromatic N) is 3. The molecule has 0 fully saturated rings. The average molecular weight is 466 g/mol. The second kappa shape index (κ2) is 9.38. The number of methoxy groups -OCH3 is 1. The van der Waals surface area contributed by atoms with Crippen molar-refractivity contribution < 1.29 is 14.3 Å². The first kappa shape index (κ1) is 21.9. The number of carbonyl (C=O) groups excluding carboxylic acids is 2. The number of carbonyl (C=O) groups is 2. The van der Waals surface area contributed by atoms with Gasteiger partial charge in [0.15, 0.2) is 11.0 Å². The first-order valence-electron chi connectivity index (χ1n) is 8.62. The molecule has 3 rings (SSSR count). The van der Waals surface area contributed by atoms with Crippen molar-refractivity contribution in [1.82, 2.24) is 20.1 Å². The number of aromatic nitrogens is 3. The van der Waals surface area contributed by atoms with Crippen molar-refractivity contribution in [1.29, 1.82) is 0 Å². The van der Waals surface area contributed by atoms with Gasteiger partial charge in [-0.3, -0.25) is 14.7 Å². The molecule has 1 atom stereocenters. The van der Waals surface area contributed by atoms with Gasteiger partial charge in [-0.2, -0.15) is 0 Å². The Morgan fingerprint density at radius 3 is 2.57 bits per heavy atom. The van der Waals surface area contributed by atoms with E-state index in [4.69, 9.17) is 33.7 Å².